The van der Waals surface area contributed by atoms with Gasteiger partial charge in [0.25, 0.3) is 5.91 Å². The highest BCUT2D eigenvalue weighted by Crippen LogP contribution is 2.11. The summed E-state index contributed by atoms with van der Waals surface area (Å²) in [5, 5.41) is 0. The zero-order chi connectivity index (χ0) is 18.9. The Labute approximate surface area is 159 Å². The molecule has 1 saturated heterocycles. The first-order chi connectivity index (χ1) is 13.2. The van der Waals surface area contributed by atoms with Crippen LogP contribution in [0.2, 0.25) is 0 Å². The molecule has 6 heteroatoms. The predicted molar refractivity (Wildman–Crippen MR) is 102 cm³/mol. The summed E-state index contributed by atoms with van der Waals surface area (Å²) in [5.41, 5.74) is 5.38. The summed E-state index contributed by atoms with van der Waals surface area (Å²) in [6.07, 6.45) is 0. The van der Waals surface area contributed by atoms with E-state index < -0.39 is 6.67 Å². The maximum Gasteiger partial charge on any atom is 0.257 e. The number of carbonyl (C=O) groups excluding carboxylic acids is 1. The van der Waals surface area contributed by atoms with Crippen LogP contribution in [0.5, 0.6) is 0 Å². The summed E-state index contributed by atoms with van der Waals surface area (Å²) in [6.45, 7) is 4.51. The third kappa shape index (κ3) is 6.43. The van der Waals surface area contributed by atoms with Gasteiger partial charge < -0.3 is 0 Å². The highest BCUT2D eigenvalue weighted by Gasteiger charge is 2.19. The molecular formula is C21H26FN3O2. The largest absolute Gasteiger partial charge is 0.297 e. The number of halogens is 1. The topological polar surface area (TPSA) is 44.8 Å². The molecule has 27 heavy (non-hydrogen) atoms. The number of rotatable bonds is 8. The first-order valence-corrected chi connectivity index (χ1v) is 9.26. The highest BCUT2D eigenvalue weighted by molar-refractivity contribution is 5.76. The van der Waals surface area contributed by atoms with E-state index in [9.17, 15) is 9.18 Å². The van der Waals surface area contributed by atoms with Gasteiger partial charge in [0, 0.05) is 32.7 Å². The Morgan fingerprint density at radius 3 is 2.33 bits per heavy atom. The minimum absolute atomic E-state index is 0.130. The SMILES string of the molecule is O=C(CN1CCN(Cc2cccc(CF)c2)CC1)NOCc1ccccc1. The molecule has 1 aliphatic rings. The number of nitrogens with zero attached hydrogens (tertiary/aromatic N) is 2. The van der Waals surface area contributed by atoms with Crippen LogP contribution >= 0.6 is 0 Å². The molecule has 1 amide bonds. The summed E-state index contributed by atoms with van der Waals surface area (Å²) in [7, 11) is 0. The van der Waals surface area contributed by atoms with E-state index in [4.69, 9.17) is 4.84 Å². The minimum atomic E-state index is -0.428. The van der Waals surface area contributed by atoms with Gasteiger partial charge in [0.15, 0.2) is 0 Å². The van der Waals surface area contributed by atoms with Gasteiger partial charge in [-0.2, -0.15) is 0 Å². The molecule has 2 aromatic rings. The summed E-state index contributed by atoms with van der Waals surface area (Å²) in [6, 6.07) is 17.4. The van der Waals surface area contributed by atoms with Gasteiger partial charge in [0.1, 0.15) is 6.67 Å². The summed E-state index contributed by atoms with van der Waals surface area (Å²) in [4.78, 5) is 21.7. The van der Waals surface area contributed by atoms with Crippen molar-refractivity contribution in [3.05, 3.63) is 71.3 Å². The van der Waals surface area contributed by atoms with E-state index in [2.05, 4.69) is 15.3 Å². The van der Waals surface area contributed by atoms with Crippen LogP contribution in [-0.4, -0.2) is 48.4 Å². The third-order valence-electron chi connectivity index (χ3n) is 4.65. The fourth-order valence-electron chi connectivity index (χ4n) is 3.18. The van der Waals surface area contributed by atoms with Crippen LogP contribution in [0.1, 0.15) is 16.7 Å². The van der Waals surface area contributed by atoms with Crippen molar-refractivity contribution in [3.8, 4) is 0 Å². The molecule has 0 aliphatic carbocycles. The molecule has 0 radical (unpaired) electrons. The lowest BCUT2D eigenvalue weighted by molar-refractivity contribution is -0.136. The second-order valence-corrected chi connectivity index (χ2v) is 6.81. The smallest absolute Gasteiger partial charge is 0.257 e. The number of piperazine rings is 1. The van der Waals surface area contributed by atoms with Crippen LogP contribution in [0, 0.1) is 0 Å². The van der Waals surface area contributed by atoms with Crippen molar-refractivity contribution in [1.82, 2.24) is 15.3 Å². The average molecular weight is 371 g/mol. The number of amides is 1. The fourth-order valence-corrected chi connectivity index (χ4v) is 3.18. The first-order valence-electron chi connectivity index (χ1n) is 9.26. The Balaban J connectivity index is 1.34. The van der Waals surface area contributed by atoms with Gasteiger partial charge in [-0.3, -0.25) is 19.4 Å². The van der Waals surface area contributed by atoms with Crippen molar-refractivity contribution in [2.45, 2.75) is 19.8 Å². The molecule has 2 aromatic carbocycles. The molecule has 5 nitrogen and oxygen atoms in total. The lowest BCUT2D eigenvalue weighted by Gasteiger charge is -2.34. The van der Waals surface area contributed by atoms with Gasteiger partial charge in [-0.15, -0.1) is 0 Å². The zero-order valence-electron chi connectivity index (χ0n) is 15.4. The molecule has 0 saturated carbocycles. The highest BCUT2D eigenvalue weighted by atomic mass is 19.1. The molecule has 1 fully saturated rings. The Morgan fingerprint density at radius 2 is 1.59 bits per heavy atom. The molecule has 144 valence electrons. The fraction of sp³-hybridized carbons (Fsp3) is 0.381. The number of nitrogens with one attached hydrogen (secondary N) is 1. The van der Waals surface area contributed by atoms with Crippen LogP contribution < -0.4 is 5.48 Å². The quantitative estimate of drug-likeness (QED) is 0.725. The van der Waals surface area contributed by atoms with E-state index in [-0.39, 0.29) is 5.91 Å². The molecule has 0 unspecified atom stereocenters. The Bertz CT molecular complexity index is 718. The average Bonchev–Trinajstić information content (AvgIpc) is 2.70. The van der Waals surface area contributed by atoms with E-state index in [1.54, 1.807) is 6.07 Å². The van der Waals surface area contributed by atoms with Crippen LogP contribution in [0.25, 0.3) is 0 Å². The molecule has 3 rings (SSSR count). The summed E-state index contributed by atoms with van der Waals surface area (Å²) in [5.74, 6) is -0.130. The molecule has 0 aromatic heterocycles. The predicted octanol–water partition coefficient (Wildman–Crippen LogP) is 2.52. The summed E-state index contributed by atoms with van der Waals surface area (Å²) >= 11 is 0. The van der Waals surface area contributed by atoms with Gasteiger partial charge >= 0.3 is 0 Å². The minimum Gasteiger partial charge on any atom is -0.297 e. The standard InChI is InChI=1S/C21H26FN3O2/c22-14-19-7-4-8-20(13-19)15-24-9-11-25(12-10-24)16-21(26)23-27-17-18-5-2-1-3-6-18/h1-8,13H,9-12,14-17H2,(H,23,26). The second kappa shape index (κ2) is 10.2. The normalized spacial score (nSPS) is 15.6. The Kier molecular flexibility index (Phi) is 7.33. The molecule has 1 heterocycles. The van der Waals surface area contributed by atoms with Gasteiger partial charge in [-0.1, -0.05) is 54.6 Å². The third-order valence-corrected chi connectivity index (χ3v) is 4.65. The van der Waals surface area contributed by atoms with Crippen molar-refractivity contribution >= 4 is 5.91 Å². The second-order valence-electron chi connectivity index (χ2n) is 6.81. The van der Waals surface area contributed by atoms with Gasteiger partial charge in [0.2, 0.25) is 0 Å². The Hall–Kier alpha value is -2.28. The van der Waals surface area contributed by atoms with Crippen molar-refractivity contribution < 1.29 is 14.0 Å². The van der Waals surface area contributed by atoms with E-state index in [0.29, 0.717) is 13.2 Å². The van der Waals surface area contributed by atoms with E-state index >= 15 is 0 Å². The number of benzene rings is 2. The zero-order valence-corrected chi connectivity index (χ0v) is 15.4. The van der Waals surface area contributed by atoms with E-state index in [0.717, 1.165) is 49.4 Å². The number of hydrogen-bond donors (Lipinski definition) is 1. The Morgan fingerprint density at radius 1 is 0.926 bits per heavy atom. The van der Waals surface area contributed by atoms with E-state index in [1.165, 1.54) is 0 Å². The molecule has 1 aliphatic heterocycles. The van der Waals surface area contributed by atoms with Crippen molar-refractivity contribution in [2.24, 2.45) is 0 Å². The van der Waals surface area contributed by atoms with Crippen LogP contribution in [0.4, 0.5) is 4.39 Å². The molecule has 0 atom stereocenters. The maximum atomic E-state index is 12.8. The number of alkyl halides is 1. The monoisotopic (exact) mass is 371 g/mol. The van der Waals surface area contributed by atoms with Gasteiger partial charge in [-0.05, 0) is 16.7 Å². The lowest BCUT2D eigenvalue weighted by atomic mass is 10.1. The van der Waals surface area contributed by atoms with Gasteiger partial charge in [-0.25, -0.2) is 9.87 Å². The molecule has 1 N–H and O–H groups in total. The number of carbonyl (C=O) groups is 1. The van der Waals surface area contributed by atoms with Crippen LogP contribution in [-0.2, 0) is 29.5 Å². The first kappa shape index (κ1) is 19.5. The van der Waals surface area contributed by atoms with Crippen molar-refractivity contribution in [1.29, 1.82) is 0 Å². The van der Waals surface area contributed by atoms with Crippen LogP contribution in [0.3, 0.4) is 0 Å². The molecular weight excluding hydrogens is 345 g/mol. The lowest BCUT2D eigenvalue weighted by Crippen LogP contribution is -2.49. The van der Waals surface area contributed by atoms with Crippen LogP contribution in [0.15, 0.2) is 54.6 Å². The molecule has 0 bridgehead atoms. The maximum absolute atomic E-state index is 12.8. The van der Waals surface area contributed by atoms with Crippen molar-refractivity contribution in [3.63, 3.8) is 0 Å². The number of hydrogen-bond acceptors (Lipinski definition) is 4. The molecule has 0 spiro atoms. The van der Waals surface area contributed by atoms with E-state index in [1.807, 2.05) is 48.5 Å². The van der Waals surface area contributed by atoms with Gasteiger partial charge in [0.05, 0.1) is 13.2 Å². The summed E-state index contributed by atoms with van der Waals surface area (Å²) < 4.78 is 12.8. The number of hydroxylamine groups is 1. The van der Waals surface area contributed by atoms with Crippen molar-refractivity contribution in [2.75, 3.05) is 32.7 Å².